The van der Waals surface area contributed by atoms with E-state index in [1.165, 1.54) is 6.33 Å². The molecule has 1 aliphatic heterocycles. The number of alkyl carbamates (subject to hydrolysis) is 1. The first-order valence-corrected chi connectivity index (χ1v) is 10.7. The highest BCUT2D eigenvalue weighted by atomic mass is 19.1. The molecule has 1 unspecified atom stereocenters. The largest absolute Gasteiger partial charge is 0.444 e. The molecule has 1 saturated carbocycles. The van der Waals surface area contributed by atoms with Crippen LogP contribution in [0.2, 0.25) is 0 Å². The van der Waals surface area contributed by atoms with E-state index in [4.69, 9.17) is 4.74 Å². The minimum atomic E-state index is -0.596. The second-order valence-electron chi connectivity index (χ2n) is 9.00. The highest BCUT2D eigenvalue weighted by molar-refractivity contribution is 6.04. The number of hydrogen-bond donors (Lipinski definition) is 2. The van der Waals surface area contributed by atoms with Crippen molar-refractivity contribution in [2.75, 3.05) is 5.32 Å². The maximum Gasteiger partial charge on any atom is 0.407 e. The lowest BCUT2D eigenvalue weighted by atomic mass is 9.98. The summed E-state index contributed by atoms with van der Waals surface area (Å²) in [6.45, 7) is 7.55. The fourth-order valence-electron chi connectivity index (χ4n) is 3.47. The van der Waals surface area contributed by atoms with Gasteiger partial charge in [-0.25, -0.2) is 19.2 Å². The molecule has 0 saturated heterocycles. The maximum absolute atomic E-state index is 15.6. The Morgan fingerprint density at radius 1 is 1.25 bits per heavy atom. The summed E-state index contributed by atoms with van der Waals surface area (Å²) < 4.78 is 20.9. The predicted molar refractivity (Wildman–Crippen MR) is 120 cm³/mol. The molecule has 32 heavy (non-hydrogen) atoms. The van der Waals surface area contributed by atoms with Gasteiger partial charge in [0.25, 0.3) is 0 Å². The van der Waals surface area contributed by atoms with Crippen molar-refractivity contribution in [2.24, 2.45) is 4.99 Å². The lowest BCUT2D eigenvalue weighted by Gasteiger charge is -2.20. The summed E-state index contributed by atoms with van der Waals surface area (Å²) in [4.78, 5) is 29.1. The minimum Gasteiger partial charge on any atom is -0.444 e. The normalized spacial score (nSPS) is 17.8. The summed E-state index contributed by atoms with van der Waals surface area (Å²) in [7, 11) is 0. The van der Waals surface area contributed by atoms with Crippen LogP contribution in [0.1, 0.15) is 57.6 Å². The maximum atomic E-state index is 15.6. The van der Waals surface area contributed by atoms with E-state index in [-0.39, 0.29) is 30.1 Å². The first kappa shape index (κ1) is 21.9. The summed E-state index contributed by atoms with van der Waals surface area (Å²) in [5.74, 6) is 0.959. The number of hydrogen-bond acceptors (Lipinski definition) is 7. The zero-order valence-electron chi connectivity index (χ0n) is 18.6. The standard InChI is InChI=1S/C23H27FN6O2/c1-13-5-10-17(28-13)29-21-27-12-26-20(30-21)16-9-8-15(18(19(16)24)14-6-7-14)11-25-22(31)32-23(2,3)4/h5,8-10,12-14H,6-7,11H2,1-4H3,(H,25,31)(H,26,27,28,29,30). The van der Waals surface area contributed by atoms with Crippen molar-refractivity contribution in [1.82, 2.24) is 20.3 Å². The number of nitrogens with one attached hydrogen (secondary N) is 2. The number of anilines is 1. The molecule has 9 heteroatoms. The van der Waals surface area contributed by atoms with E-state index in [1.54, 1.807) is 26.8 Å². The van der Waals surface area contributed by atoms with Crippen molar-refractivity contribution in [2.45, 2.75) is 64.6 Å². The molecule has 1 fully saturated rings. The Morgan fingerprint density at radius 2 is 2.03 bits per heavy atom. The third-order valence-electron chi connectivity index (χ3n) is 5.01. The summed E-state index contributed by atoms with van der Waals surface area (Å²) >= 11 is 0. The van der Waals surface area contributed by atoms with Gasteiger partial charge in [-0.2, -0.15) is 4.98 Å². The first-order chi connectivity index (χ1) is 15.2. The molecule has 168 valence electrons. The SMILES string of the molecule is CC1C=CC(Nc2ncnc(-c3ccc(CNC(=O)OC(C)(C)C)c(C4CC4)c3F)n2)=N1. The summed E-state index contributed by atoms with van der Waals surface area (Å²) in [5.41, 5.74) is 1.04. The second-order valence-corrected chi connectivity index (χ2v) is 9.00. The number of carbonyl (C=O) groups is 1. The number of aromatic nitrogens is 3. The molecule has 1 aliphatic carbocycles. The molecule has 2 aromatic rings. The van der Waals surface area contributed by atoms with Crippen molar-refractivity contribution < 1.29 is 13.9 Å². The van der Waals surface area contributed by atoms with E-state index in [0.717, 1.165) is 18.4 Å². The number of rotatable bonds is 5. The Labute approximate surface area is 186 Å². The Kier molecular flexibility index (Phi) is 5.90. The van der Waals surface area contributed by atoms with E-state index >= 15 is 4.39 Å². The van der Waals surface area contributed by atoms with Crippen LogP contribution in [0, 0.1) is 5.82 Å². The molecule has 1 aromatic heterocycles. The van der Waals surface area contributed by atoms with Crippen LogP contribution in [0.25, 0.3) is 11.4 Å². The van der Waals surface area contributed by atoms with Crippen LogP contribution >= 0.6 is 0 Å². The lowest BCUT2D eigenvalue weighted by molar-refractivity contribution is 0.0523. The molecule has 0 radical (unpaired) electrons. The number of halogens is 1. The van der Waals surface area contributed by atoms with Gasteiger partial charge in [0, 0.05) is 6.54 Å². The van der Waals surface area contributed by atoms with Gasteiger partial charge in [0.15, 0.2) is 5.82 Å². The number of benzene rings is 1. The third-order valence-corrected chi connectivity index (χ3v) is 5.01. The molecule has 4 rings (SSSR count). The van der Waals surface area contributed by atoms with E-state index in [0.29, 0.717) is 22.9 Å². The van der Waals surface area contributed by atoms with Crippen LogP contribution in [-0.4, -0.2) is 38.5 Å². The fraction of sp³-hybridized carbons (Fsp3) is 0.435. The average molecular weight is 439 g/mol. The van der Waals surface area contributed by atoms with Gasteiger partial charge in [-0.1, -0.05) is 12.1 Å². The first-order valence-electron chi connectivity index (χ1n) is 10.7. The zero-order valence-corrected chi connectivity index (χ0v) is 18.6. The predicted octanol–water partition coefficient (Wildman–Crippen LogP) is 4.35. The number of ether oxygens (including phenoxy) is 1. The van der Waals surface area contributed by atoms with Crippen LogP contribution in [0.5, 0.6) is 0 Å². The minimum absolute atomic E-state index is 0.0965. The highest BCUT2D eigenvalue weighted by Crippen LogP contribution is 2.44. The monoisotopic (exact) mass is 438 g/mol. The van der Waals surface area contributed by atoms with E-state index < -0.39 is 11.7 Å². The number of nitrogens with zero attached hydrogens (tertiary/aromatic N) is 4. The summed E-state index contributed by atoms with van der Waals surface area (Å²) in [6, 6.07) is 3.55. The van der Waals surface area contributed by atoms with Crippen LogP contribution in [0.15, 0.2) is 35.6 Å². The molecule has 2 heterocycles. The van der Waals surface area contributed by atoms with E-state index in [9.17, 15) is 4.79 Å². The zero-order chi connectivity index (χ0) is 22.9. The lowest BCUT2D eigenvalue weighted by Crippen LogP contribution is -2.32. The van der Waals surface area contributed by atoms with Crippen LogP contribution in [-0.2, 0) is 11.3 Å². The Hall–Kier alpha value is -3.36. The van der Waals surface area contributed by atoms with Crippen molar-refractivity contribution >= 4 is 17.9 Å². The number of aliphatic imine (C=N–C) groups is 1. The Bertz CT molecular complexity index is 1090. The van der Waals surface area contributed by atoms with Gasteiger partial charge in [0.1, 0.15) is 23.6 Å². The van der Waals surface area contributed by atoms with Crippen molar-refractivity contribution in [3.63, 3.8) is 0 Å². The Morgan fingerprint density at radius 3 is 2.69 bits per heavy atom. The number of amides is 1. The molecular weight excluding hydrogens is 411 g/mol. The quantitative estimate of drug-likeness (QED) is 0.720. The molecule has 0 spiro atoms. The van der Waals surface area contributed by atoms with Crippen LogP contribution in [0.3, 0.4) is 0 Å². The van der Waals surface area contributed by atoms with Gasteiger partial charge in [-0.3, -0.25) is 4.99 Å². The summed E-state index contributed by atoms with van der Waals surface area (Å²) in [6.07, 6.45) is 6.45. The molecule has 2 N–H and O–H groups in total. The van der Waals surface area contributed by atoms with Gasteiger partial charge in [-0.15, -0.1) is 0 Å². The topological polar surface area (TPSA) is 101 Å². The Balaban J connectivity index is 1.56. The second kappa shape index (κ2) is 8.64. The molecule has 1 aromatic carbocycles. The molecule has 8 nitrogen and oxygen atoms in total. The third kappa shape index (κ3) is 5.27. The fourth-order valence-corrected chi connectivity index (χ4v) is 3.47. The summed E-state index contributed by atoms with van der Waals surface area (Å²) in [5, 5.41) is 5.75. The number of carbonyl (C=O) groups excluding carboxylic acids is 1. The van der Waals surface area contributed by atoms with E-state index in [2.05, 4.69) is 30.6 Å². The van der Waals surface area contributed by atoms with Crippen molar-refractivity contribution in [3.05, 3.63) is 47.6 Å². The van der Waals surface area contributed by atoms with Gasteiger partial charge < -0.3 is 15.4 Å². The van der Waals surface area contributed by atoms with E-state index in [1.807, 2.05) is 25.1 Å². The highest BCUT2D eigenvalue weighted by Gasteiger charge is 2.31. The van der Waals surface area contributed by atoms with Gasteiger partial charge in [0.05, 0.1) is 11.6 Å². The van der Waals surface area contributed by atoms with Gasteiger partial charge >= 0.3 is 6.09 Å². The van der Waals surface area contributed by atoms with Gasteiger partial charge in [-0.05, 0) is 69.7 Å². The molecule has 2 aliphatic rings. The van der Waals surface area contributed by atoms with Gasteiger partial charge in [0.2, 0.25) is 5.95 Å². The molecular formula is C23H27FN6O2. The van der Waals surface area contributed by atoms with Crippen LogP contribution in [0.4, 0.5) is 15.1 Å². The van der Waals surface area contributed by atoms with Crippen molar-refractivity contribution in [3.8, 4) is 11.4 Å². The van der Waals surface area contributed by atoms with Crippen molar-refractivity contribution in [1.29, 1.82) is 0 Å². The molecule has 0 bridgehead atoms. The molecule has 1 atom stereocenters. The average Bonchev–Trinajstić information content (AvgIpc) is 3.47. The smallest absolute Gasteiger partial charge is 0.407 e. The molecule has 1 amide bonds. The van der Waals surface area contributed by atoms with Crippen LogP contribution < -0.4 is 10.6 Å². The number of amidine groups is 1.